The number of amides is 1. The number of hydrogen-bond donors (Lipinski definition) is 2. The number of halogens is 2. The molecule has 1 aromatic carbocycles. The van der Waals surface area contributed by atoms with Gasteiger partial charge in [-0.25, -0.2) is 13.8 Å². The van der Waals surface area contributed by atoms with Gasteiger partial charge < -0.3 is 15.0 Å². The number of hydrogen-bond acceptors (Lipinski definition) is 3. The predicted octanol–water partition coefficient (Wildman–Crippen LogP) is 2.57. The Labute approximate surface area is 140 Å². The van der Waals surface area contributed by atoms with Crippen molar-refractivity contribution in [2.75, 3.05) is 6.54 Å². The van der Waals surface area contributed by atoms with Crippen molar-refractivity contribution in [3.05, 3.63) is 65.5 Å². The number of aliphatic carboxylic acids is 1. The van der Waals surface area contributed by atoms with Crippen molar-refractivity contribution < 1.29 is 23.5 Å². The number of nitrogens with zero attached hydrogens (tertiary/aromatic N) is 2. The molecule has 2 aromatic heterocycles. The van der Waals surface area contributed by atoms with Crippen molar-refractivity contribution in [3.8, 4) is 0 Å². The van der Waals surface area contributed by atoms with E-state index in [-0.39, 0.29) is 17.8 Å². The van der Waals surface area contributed by atoms with E-state index in [9.17, 15) is 18.4 Å². The number of rotatable bonds is 5. The Balaban J connectivity index is 1.89. The number of fused-ring (bicyclic) bond motifs is 1. The summed E-state index contributed by atoms with van der Waals surface area (Å²) in [4.78, 5) is 31.6. The number of nitrogens with one attached hydrogen (secondary N) is 1. The van der Waals surface area contributed by atoms with Gasteiger partial charge in [-0.05, 0) is 35.9 Å². The Kier molecular flexibility index (Phi) is 4.42. The fourth-order valence-corrected chi connectivity index (χ4v) is 2.46. The molecule has 0 spiro atoms. The summed E-state index contributed by atoms with van der Waals surface area (Å²) in [6.07, 6.45) is 1.56. The second-order valence-corrected chi connectivity index (χ2v) is 5.43. The second-order valence-electron chi connectivity index (χ2n) is 5.43. The fraction of sp³-hybridized carbons (Fsp3) is 0.118. The van der Waals surface area contributed by atoms with Crippen LogP contribution in [-0.2, 0) is 11.3 Å². The molecule has 0 fully saturated rings. The highest BCUT2D eigenvalue weighted by molar-refractivity contribution is 5.98. The van der Waals surface area contributed by atoms with Crippen LogP contribution >= 0.6 is 0 Å². The summed E-state index contributed by atoms with van der Waals surface area (Å²) in [7, 11) is 0. The van der Waals surface area contributed by atoms with E-state index in [1.54, 1.807) is 24.4 Å². The largest absolute Gasteiger partial charge is 0.480 e. The average Bonchev–Trinajstić information content (AvgIpc) is 3.00. The second kappa shape index (κ2) is 6.68. The van der Waals surface area contributed by atoms with Crippen LogP contribution in [0.4, 0.5) is 8.78 Å². The van der Waals surface area contributed by atoms with Crippen molar-refractivity contribution in [1.29, 1.82) is 0 Å². The van der Waals surface area contributed by atoms with Crippen molar-refractivity contribution in [2.45, 2.75) is 6.54 Å². The first kappa shape index (κ1) is 16.6. The van der Waals surface area contributed by atoms with E-state index in [0.29, 0.717) is 11.0 Å². The molecule has 8 heteroatoms. The van der Waals surface area contributed by atoms with Gasteiger partial charge in [0.05, 0.1) is 0 Å². The molecule has 0 saturated carbocycles. The first-order valence-corrected chi connectivity index (χ1v) is 7.33. The summed E-state index contributed by atoms with van der Waals surface area (Å²) in [6.45, 7) is -0.758. The highest BCUT2D eigenvalue weighted by Crippen LogP contribution is 2.16. The minimum absolute atomic E-state index is 0.164. The van der Waals surface area contributed by atoms with Crippen molar-refractivity contribution in [1.82, 2.24) is 14.9 Å². The highest BCUT2D eigenvalue weighted by atomic mass is 19.2. The molecule has 2 N–H and O–H groups in total. The van der Waals surface area contributed by atoms with Crippen LogP contribution < -0.4 is 0 Å². The third-order valence-electron chi connectivity index (χ3n) is 3.59. The zero-order valence-electron chi connectivity index (χ0n) is 12.9. The fourth-order valence-electron chi connectivity index (χ4n) is 2.46. The lowest BCUT2D eigenvalue weighted by Crippen LogP contribution is -2.35. The molecule has 0 aliphatic carbocycles. The maximum absolute atomic E-state index is 13.3. The topological polar surface area (TPSA) is 86.3 Å². The van der Waals surface area contributed by atoms with Crippen LogP contribution in [0.25, 0.3) is 11.0 Å². The van der Waals surface area contributed by atoms with E-state index in [0.717, 1.165) is 17.0 Å². The minimum atomic E-state index is -1.22. The van der Waals surface area contributed by atoms with Crippen LogP contribution in [0.3, 0.4) is 0 Å². The van der Waals surface area contributed by atoms with Gasteiger partial charge in [-0.3, -0.25) is 9.59 Å². The molecule has 0 bridgehead atoms. The van der Waals surface area contributed by atoms with Crippen LogP contribution in [0.15, 0.2) is 42.6 Å². The van der Waals surface area contributed by atoms with Gasteiger partial charge in [0.1, 0.15) is 17.9 Å². The van der Waals surface area contributed by atoms with Crippen LogP contribution in [0.1, 0.15) is 16.1 Å². The molecule has 0 unspecified atom stereocenters. The number of H-pyrrole nitrogens is 1. The monoisotopic (exact) mass is 345 g/mol. The van der Waals surface area contributed by atoms with Crippen molar-refractivity contribution in [2.24, 2.45) is 0 Å². The summed E-state index contributed by atoms with van der Waals surface area (Å²) in [5.41, 5.74) is 0.939. The maximum atomic E-state index is 13.3. The Morgan fingerprint density at radius 3 is 2.64 bits per heavy atom. The van der Waals surface area contributed by atoms with Crippen LogP contribution in [0.2, 0.25) is 0 Å². The van der Waals surface area contributed by atoms with Gasteiger partial charge in [-0.15, -0.1) is 0 Å². The Hall–Kier alpha value is -3.29. The molecule has 128 valence electrons. The lowest BCUT2D eigenvalue weighted by atomic mass is 10.2. The van der Waals surface area contributed by atoms with Crippen molar-refractivity contribution in [3.63, 3.8) is 0 Å². The van der Waals surface area contributed by atoms with Gasteiger partial charge >= 0.3 is 5.97 Å². The van der Waals surface area contributed by atoms with E-state index in [1.165, 1.54) is 6.07 Å². The van der Waals surface area contributed by atoms with Crippen LogP contribution in [0, 0.1) is 11.6 Å². The molecule has 0 atom stereocenters. The van der Waals surface area contributed by atoms with E-state index < -0.39 is 30.1 Å². The number of carboxylic acid groups (broad SMARTS) is 1. The molecule has 0 saturated heterocycles. The molecule has 3 aromatic rings. The quantitative estimate of drug-likeness (QED) is 0.744. The van der Waals surface area contributed by atoms with E-state index in [1.807, 2.05) is 0 Å². The van der Waals surface area contributed by atoms with E-state index in [2.05, 4.69) is 9.97 Å². The first-order chi connectivity index (χ1) is 11.9. The molecule has 1 amide bonds. The zero-order chi connectivity index (χ0) is 18.0. The highest BCUT2D eigenvalue weighted by Gasteiger charge is 2.21. The molecule has 2 heterocycles. The smallest absolute Gasteiger partial charge is 0.323 e. The standard InChI is InChI=1S/C17H13F2N3O3/c18-12-4-3-10(6-13(12)19)8-22(9-15(23)24)17(25)14-7-11-2-1-5-20-16(11)21-14/h1-7H,8-9H2,(H,20,21)(H,23,24). The zero-order valence-corrected chi connectivity index (χ0v) is 12.9. The molecule has 25 heavy (non-hydrogen) atoms. The Morgan fingerprint density at radius 1 is 1.16 bits per heavy atom. The summed E-state index contributed by atoms with van der Waals surface area (Å²) < 4.78 is 26.4. The molecule has 6 nitrogen and oxygen atoms in total. The number of pyridine rings is 1. The SMILES string of the molecule is O=C(O)CN(Cc1ccc(F)c(F)c1)C(=O)c1cc2cccnc2[nH]1. The molecule has 0 aliphatic heterocycles. The normalized spacial score (nSPS) is 10.8. The summed E-state index contributed by atoms with van der Waals surface area (Å²) >= 11 is 0. The summed E-state index contributed by atoms with van der Waals surface area (Å²) in [6, 6.07) is 8.19. The van der Waals surface area contributed by atoms with E-state index in [4.69, 9.17) is 5.11 Å². The lowest BCUT2D eigenvalue weighted by molar-refractivity contribution is -0.137. The summed E-state index contributed by atoms with van der Waals surface area (Å²) in [5.74, 6) is -3.87. The van der Waals surface area contributed by atoms with Gasteiger partial charge in [0, 0.05) is 18.1 Å². The third kappa shape index (κ3) is 3.63. The molecular formula is C17H13F2N3O3. The lowest BCUT2D eigenvalue weighted by Gasteiger charge is -2.20. The number of benzene rings is 1. The number of carbonyl (C=O) groups excluding carboxylic acids is 1. The maximum Gasteiger partial charge on any atom is 0.323 e. The molecule has 3 rings (SSSR count). The van der Waals surface area contributed by atoms with Crippen LogP contribution in [-0.4, -0.2) is 38.4 Å². The summed E-state index contributed by atoms with van der Waals surface area (Å²) in [5, 5.41) is 9.75. The van der Waals surface area contributed by atoms with Crippen molar-refractivity contribution >= 4 is 22.9 Å². The number of carboxylic acids is 1. The third-order valence-corrected chi connectivity index (χ3v) is 3.59. The van der Waals surface area contributed by atoms with E-state index >= 15 is 0 Å². The number of aromatic nitrogens is 2. The molecular weight excluding hydrogens is 332 g/mol. The Morgan fingerprint density at radius 2 is 1.96 bits per heavy atom. The van der Waals surface area contributed by atoms with Gasteiger partial charge in [-0.2, -0.15) is 0 Å². The number of carbonyl (C=O) groups is 2. The molecule has 0 radical (unpaired) electrons. The minimum Gasteiger partial charge on any atom is -0.480 e. The van der Waals surface area contributed by atoms with Gasteiger partial charge in [0.15, 0.2) is 11.6 Å². The Bertz CT molecular complexity index is 922. The molecule has 0 aliphatic rings. The average molecular weight is 345 g/mol. The van der Waals surface area contributed by atoms with Crippen LogP contribution in [0.5, 0.6) is 0 Å². The van der Waals surface area contributed by atoms with Gasteiger partial charge in [0.2, 0.25) is 0 Å². The van der Waals surface area contributed by atoms with Gasteiger partial charge in [-0.1, -0.05) is 6.07 Å². The predicted molar refractivity (Wildman–Crippen MR) is 84.8 cm³/mol. The first-order valence-electron chi connectivity index (χ1n) is 7.33. The number of aromatic amines is 1. The van der Waals surface area contributed by atoms with Gasteiger partial charge in [0.25, 0.3) is 5.91 Å².